The lowest BCUT2D eigenvalue weighted by atomic mass is 9.80. The van der Waals surface area contributed by atoms with Crippen molar-refractivity contribution in [3.05, 3.63) is 29.3 Å². The number of phenols is 1. The number of hydrogen-bond acceptors (Lipinski definition) is 2. The topological polar surface area (TPSA) is 46.2 Å². The fraction of sp³-hybridized carbons (Fsp3) is 0.538. The van der Waals surface area contributed by atoms with Gasteiger partial charge in [-0.2, -0.15) is 0 Å². The largest absolute Gasteiger partial charge is 0.508 e. The molecule has 2 nitrogen and oxygen atoms in total. The molecule has 2 aliphatic rings. The van der Waals surface area contributed by atoms with E-state index in [0.717, 1.165) is 25.3 Å². The van der Waals surface area contributed by atoms with E-state index in [-0.39, 0.29) is 0 Å². The molecule has 15 heavy (non-hydrogen) atoms. The highest BCUT2D eigenvalue weighted by atomic mass is 16.3. The van der Waals surface area contributed by atoms with Crippen molar-refractivity contribution < 1.29 is 5.11 Å². The summed E-state index contributed by atoms with van der Waals surface area (Å²) in [5.74, 6) is 1.13. The van der Waals surface area contributed by atoms with Crippen LogP contribution >= 0.6 is 0 Å². The van der Waals surface area contributed by atoms with Gasteiger partial charge in [0.25, 0.3) is 0 Å². The molecule has 0 amide bonds. The molecule has 3 N–H and O–H groups in total. The van der Waals surface area contributed by atoms with Crippen molar-refractivity contribution in [3.63, 3.8) is 0 Å². The first-order chi connectivity index (χ1) is 7.23. The minimum Gasteiger partial charge on any atom is -0.508 e. The van der Waals surface area contributed by atoms with Crippen LogP contribution in [0.25, 0.3) is 0 Å². The van der Waals surface area contributed by atoms with Crippen LogP contribution in [0.3, 0.4) is 0 Å². The summed E-state index contributed by atoms with van der Waals surface area (Å²) in [7, 11) is 0. The molecule has 80 valence electrons. The Kier molecular flexibility index (Phi) is 1.84. The zero-order chi connectivity index (χ0) is 10.5. The Morgan fingerprint density at radius 1 is 1.40 bits per heavy atom. The van der Waals surface area contributed by atoms with E-state index in [2.05, 4.69) is 6.07 Å². The van der Waals surface area contributed by atoms with Gasteiger partial charge in [0.05, 0.1) is 0 Å². The minimum atomic E-state index is 0.399. The molecule has 0 saturated heterocycles. The molecular formula is C13H17NO. The van der Waals surface area contributed by atoms with Gasteiger partial charge in [0, 0.05) is 0 Å². The van der Waals surface area contributed by atoms with Gasteiger partial charge in [0.2, 0.25) is 0 Å². The lowest BCUT2D eigenvalue weighted by Gasteiger charge is -2.25. The van der Waals surface area contributed by atoms with Crippen LogP contribution in [0.15, 0.2) is 18.2 Å². The van der Waals surface area contributed by atoms with Gasteiger partial charge in [-0.3, -0.25) is 0 Å². The molecule has 0 radical (unpaired) electrons. The molecule has 1 saturated carbocycles. The van der Waals surface area contributed by atoms with Gasteiger partial charge in [-0.25, -0.2) is 0 Å². The standard InChI is InChI=1S/C13H17NO/c14-8-11-7-13(11)4-3-9-1-2-12(15)5-10(9)6-13/h1-2,5,11,15H,3-4,6-8,14H2. The van der Waals surface area contributed by atoms with E-state index >= 15 is 0 Å². The van der Waals surface area contributed by atoms with Crippen molar-refractivity contribution in [2.75, 3.05) is 6.54 Å². The Labute approximate surface area is 90.1 Å². The molecule has 2 aliphatic carbocycles. The average molecular weight is 203 g/mol. The summed E-state index contributed by atoms with van der Waals surface area (Å²) in [4.78, 5) is 0. The third-order valence-electron chi connectivity index (χ3n) is 4.27. The summed E-state index contributed by atoms with van der Waals surface area (Å²) in [5, 5.41) is 9.48. The van der Waals surface area contributed by atoms with Crippen molar-refractivity contribution in [1.29, 1.82) is 0 Å². The van der Waals surface area contributed by atoms with E-state index in [4.69, 9.17) is 5.73 Å². The molecule has 2 unspecified atom stereocenters. The normalized spacial score (nSPS) is 32.7. The number of rotatable bonds is 1. The quantitative estimate of drug-likeness (QED) is 0.731. The van der Waals surface area contributed by atoms with E-state index in [1.807, 2.05) is 6.07 Å². The summed E-state index contributed by atoms with van der Waals surface area (Å²) >= 11 is 0. The molecule has 1 aromatic rings. The maximum atomic E-state index is 9.48. The number of phenolic OH excluding ortho intramolecular Hbond substituents is 1. The zero-order valence-electron chi connectivity index (χ0n) is 8.87. The number of hydrogen-bond donors (Lipinski definition) is 2. The van der Waals surface area contributed by atoms with E-state index in [1.165, 1.54) is 24.0 Å². The first-order valence-corrected chi connectivity index (χ1v) is 5.74. The number of benzene rings is 1. The summed E-state index contributed by atoms with van der Waals surface area (Å²) in [6, 6.07) is 5.80. The second kappa shape index (κ2) is 2.99. The Balaban J connectivity index is 1.90. The molecule has 3 rings (SSSR count). The summed E-state index contributed by atoms with van der Waals surface area (Å²) in [5.41, 5.74) is 9.00. The van der Waals surface area contributed by atoms with Gasteiger partial charge in [0.1, 0.15) is 5.75 Å². The second-order valence-electron chi connectivity index (χ2n) is 5.13. The number of aromatic hydroxyl groups is 1. The van der Waals surface area contributed by atoms with Crippen molar-refractivity contribution in [1.82, 2.24) is 0 Å². The third kappa shape index (κ3) is 1.36. The van der Waals surface area contributed by atoms with Crippen molar-refractivity contribution in [2.24, 2.45) is 17.1 Å². The second-order valence-corrected chi connectivity index (χ2v) is 5.13. The lowest BCUT2D eigenvalue weighted by molar-refractivity contribution is 0.393. The minimum absolute atomic E-state index is 0.399. The maximum Gasteiger partial charge on any atom is 0.115 e. The highest BCUT2D eigenvalue weighted by Gasteiger charge is 2.53. The van der Waals surface area contributed by atoms with Crippen LogP contribution in [0.1, 0.15) is 24.0 Å². The molecule has 0 aliphatic heterocycles. The molecule has 0 aromatic heterocycles. The molecular weight excluding hydrogens is 186 g/mol. The highest BCUT2D eigenvalue weighted by Crippen LogP contribution is 2.59. The molecule has 0 bridgehead atoms. The Morgan fingerprint density at radius 2 is 2.27 bits per heavy atom. The average Bonchev–Trinajstić information content (AvgIpc) is 2.90. The molecule has 1 aromatic carbocycles. The Morgan fingerprint density at radius 3 is 3.00 bits per heavy atom. The van der Waals surface area contributed by atoms with Crippen LogP contribution in [0.5, 0.6) is 5.75 Å². The Hall–Kier alpha value is -1.02. The van der Waals surface area contributed by atoms with Crippen LogP contribution < -0.4 is 5.73 Å². The maximum absolute atomic E-state index is 9.48. The van der Waals surface area contributed by atoms with Crippen molar-refractivity contribution in [2.45, 2.75) is 25.7 Å². The lowest BCUT2D eigenvalue weighted by Crippen LogP contribution is -2.20. The van der Waals surface area contributed by atoms with Gasteiger partial charge in [-0.05, 0) is 66.8 Å². The number of nitrogens with two attached hydrogens (primary N) is 1. The first-order valence-electron chi connectivity index (χ1n) is 5.74. The monoisotopic (exact) mass is 203 g/mol. The van der Waals surface area contributed by atoms with Crippen LogP contribution in [0.4, 0.5) is 0 Å². The van der Waals surface area contributed by atoms with E-state index in [1.54, 1.807) is 6.07 Å². The fourth-order valence-electron chi connectivity index (χ4n) is 3.16. The van der Waals surface area contributed by atoms with Crippen LogP contribution in [-0.4, -0.2) is 11.7 Å². The van der Waals surface area contributed by atoms with Gasteiger partial charge in [0.15, 0.2) is 0 Å². The van der Waals surface area contributed by atoms with E-state index < -0.39 is 0 Å². The molecule has 2 heteroatoms. The molecule has 2 atom stereocenters. The molecule has 0 heterocycles. The third-order valence-corrected chi connectivity index (χ3v) is 4.27. The zero-order valence-corrected chi connectivity index (χ0v) is 8.87. The van der Waals surface area contributed by atoms with Gasteiger partial charge >= 0.3 is 0 Å². The summed E-state index contributed by atoms with van der Waals surface area (Å²) in [6.45, 7) is 0.828. The Bertz CT molecular complexity index is 402. The smallest absolute Gasteiger partial charge is 0.115 e. The van der Waals surface area contributed by atoms with Crippen LogP contribution in [0, 0.1) is 11.3 Å². The van der Waals surface area contributed by atoms with Gasteiger partial charge < -0.3 is 10.8 Å². The van der Waals surface area contributed by atoms with E-state index in [9.17, 15) is 5.11 Å². The number of fused-ring (bicyclic) bond motifs is 1. The fourth-order valence-corrected chi connectivity index (χ4v) is 3.16. The summed E-state index contributed by atoms with van der Waals surface area (Å²) in [6.07, 6.45) is 4.86. The van der Waals surface area contributed by atoms with Gasteiger partial charge in [-0.15, -0.1) is 0 Å². The van der Waals surface area contributed by atoms with E-state index in [0.29, 0.717) is 11.2 Å². The predicted molar refractivity (Wildman–Crippen MR) is 59.7 cm³/mol. The first kappa shape index (κ1) is 9.22. The molecule has 1 spiro atoms. The van der Waals surface area contributed by atoms with Crippen LogP contribution in [-0.2, 0) is 12.8 Å². The van der Waals surface area contributed by atoms with Crippen molar-refractivity contribution >= 4 is 0 Å². The summed E-state index contributed by atoms with van der Waals surface area (Å²) < 4.78 is 0. The van der Waals surface area contributed by atoms with Crippen LogP contribution in [0.2, 0.25) is 0 Å². The van der Waals surface area contributed by atoms with Crippen molar-refractivity contribution in [3.8, 4) is 5.75 Å². The number of aryl methyl sites for hydroxylation is 1. The van der Waals surface area contributed by atoms with Gasteiger partial charge in [-0.1, -0.05) is 6.07 Å². The highest BCUT2D eigenvalue weighted by molar-refractivity contribution is 5.38. The molecule has 1 fully saturated rings. The predicted octanol–water partition coefficient (Wildman–Crippen LogP) is 1.85. The SMILES string of the molecule is NCC1CC12CCc1ccc(O)cc1C2.